The highest BCUT2D eigenvalue weighted by Crippen LogP contribution is 2.29. The van der Waals surface area contributed by atoms with E-state index in [1.165, 1.54) is 42.9 Å². The van der Waals surface area contributed by atoms with E-state index < -0.39 is 5.97 Å². The first-order valence-corrected chi connectivity index (χ1v) is 9.39. The molecule has 0 atom stereocenters. The number of nitrogens with one attached hydrogen (secondary N) is 1. The van der Waals surface area contributed by atoms with Crippen LogP contribution in [0.1, 0.15) is 10.4 Å². The van der Waals surface area contributed by atoms with E-state index in [1.54, 1.807) is 38.4 Å². The first kappa shape index (κ1) is 23.6. The number of carbonyl (C=O) groups is 2. The van der Waals surface area contributed by atoms with Gasteiger partial charge in [-0.1, -0.05) is 0 Å². The van der Waals surface area contributed by atoms with Gasteiger partial charge in [0, 0.05) is 20.2 Å². The van der Waals surface area contributed by atoms with E-state index in [1.807, 2.05) is 0 Å². The summed E-state index contributed by atoms with van der Waals surface area (Å²) in [6.45, 7) is 0. The van der Waals surface area contributed by atoms with Gasteiger partial charge in [0.2, 0.25) is 6.41 Å². The summed E-state index contributed by atoms with van der Waals surface area (Å²) in [6, 6.07) is 9.70. The molecule has 0 bridgehead atoms. The van der Waals surface area contributed by atoms with Crippen LogP contribution in [0.2, 0.25) is 0 Å². The lowest BCUT2D eigenvalue weighted by Gasteiger charge is -2.12. The van der Waals surface area contributed by atoms with Crippen LogP contribution in [-0.4, -0.2) is 62.3 Å². The van der Waals surface area contributed by atoms with Crippen molar-refractivity contribution >= 4 is 35.5 Å². The van der Waals surface area contributed by atoms with Crippen molar-refractivity contribution in [3.8, 4) is 17.2 Å². The Morgan fingerprint density at radius 2 is 1.71 bits per heavy atom. The third-order valence-corrected chi connectivity index (χ3v) is 4.44. The van der Waals surface area contributed by atoms with Gasteiger partial charge in [-0.3, -0.25) is 14.2 Å². The molecule has 164 valence electrons. The number of methoxy groups -OCH3 is 3. The minimum absolute atomic E-state index is 0.191. The average Bonchev–Trinajstić information content (AvgIpc) is 2.78. The maximum absolute atomic E-state index is 12.9. The quantitative estimate of drug-likeness (QED) is 0.366. The minimum Gasteiger partial charge on any atom is -0.493 e. The Labute approximate surface area is 183 Å². The van der Waals surface area contributed by atoms with E-state index >= 15 is 0 Å². The standard InChI is InChI=1S/C18H16N2O5S.C3H7NO/c1-23-14-7-5-11(9-15(14)24-2)20-16(21)12-6-4-10(17(22)25-3)8-13(12)19-18(20)26;1-4(2)3-5/h4-9H,1-3H3,(H,19,26);3H,1-2H3. The van der Waals surface area contributed by atoms with Crippen molar-refractivity contribution < 1.29 is 23.8 Å². The zero-order valence-electron chi connectivity index (χ0n) is 17.8. The zero-order chi connectivity index (χ0) is 23.1. The highest BCUT2D eigenvalue weighted by atomic mass is 32.1. The van der Waals surface area contributed by atoms with Crippen molar-refractivity contribution in [3.63, 3.8) is 0 Å². The lowest BCUT2D eigenvalue weighted by atomic mass is 10.1. The van der Waals surface area contributed by atoms with Gasteiger partial charge in [-0.2, -0.15) is 0 Å². The van der Waals surface area contributed by atoms with Crippen molar-refractivity contribution in [2.45, 2.75) is 0 Å². The van der Waals surface area contributed by atoms with E-state index in [0.29, 0.717) is 33.7 Å². The SMILES string of the molecule is CN(C)C=O.COC(=O)c1ccc2c(=O)n(-c3ccc(OC)c(OC)c3)c(=S)[nH]c2c1. The Morgan fingerprint density at radius 3 is 2.26 bits per heavy atom. The molecular weight excluding hydrogens is 422 g/mol. The molecule has 0 aliphatic heterocycles. The number of aromatic amines is 1. The second-order valence-electron chi connectivity index (χ2n) is 6.43. The molecule has 0 saturated heterocycles. The van der Waals surface area contributed by atoms with Crippen LogP contribution in [-0.2, 0) is 9.53 Å². The third-order valence-electron chi connectivity index (χ3n) is 4.15. The van der Waals surface area contributed by atoms with E-state index in [4.69, 9.17) is 26.4 Å². The van der Waals surface area contributed by atoms with Gasteiger partial charge in [0.1, 0.15) is 0 Å². The van der Waals surface area contributed by atoms with Crippen molar-refractivity contribution in [2.24, 2.45) is 0 Å². The Bertz CT molecular complexity index is 1220. The molecule has 0 aliphatic rings. The largest absolute Gasteiger partial charge is 0.493 e. The van der Waals surface area contributed by atoms with Gasteiger partial charge in [-0.05, 0) is 42.5 Å². The Kier molecular flexibility index (Phi) is 7.92. The topological polar surface area (TPSA) is 103 Å². The minimum atomic E-state index is -0.490. The molecule has 0 saturated carbocycles. The summed E-state index contributed by atoms with van der Waals surface area (Å²) >= 11 is 5.35. The molecule has 2 aromatic carbocycles. The molecule has 0 aliphatic carbocycles. The summed E-state index contributed by atoms with van der Waals surface area (Å²) in [5, 5.41) is 0.390. The highest BCUT2D eigenvalue weighted by Gasteiger charge is 2.13. The first-order valence-electron chi connectivity index (χ1n) is 8.98. The van der Waals surface area contributed by atoms with Crippen LogP contribution in [0, 0.1) is 4.77 Å². The number of aromatic nitrogens is 2. The molecule has 1 aromatic heterocycles. The molecular formula is C21H23N3O6S. The molecule has 10 heteroatoms. The number of benzene rings is 2. The summed E-state index contributed by atoms with van der Waals surface area (Å²) in [6.07, 6.45) is 0.750. The van der Waals surface area contributed by atoms with E-state index in [2.05, 4.69) is 4.98 Å². The van der Waals surface area contributed by atoms with Crippen molar-refractivity contribution in [1.29, 1.82) is 0 Å². The lowest BCUT2D eigenvalue weighted by Crippen LogP contribution is -2.20. The number of nitrogens with zero attached hydrogens (tertiary/aromatic N) is 2. The zero-order valence-corrected chi connectivity index (χ0v) is 18.6. The molecule has 1 amide bonds. The van der Waals surface area contributed by atoms with E-state index in [0.717, 1.165) is 6.41 Å². The Hall–Kier alpha value is -3.66. The molecule has 31 heavy (non-hydrogen) atoms. The molecule has 3 rings (SSSR count). The van der Waals surface area contributed by atoms with Crippen LogP contribution in [0.3, 0.4) is 0 Å². The monoisotopic (exact) mass is 445 g/mol. The fraction of sp³-hybridized carbons (Fsp3) is 0.238. The van der Waals surface area contributed by atoms with E-state index in [9.17, 15) is 14.4 Å². The molecule has 0 unspecified atom stereocenters. The smallest absolute Gasteiger partial charge is 0.337 e. The van der Waals surface area contributed by atoms with E-state index in [-0.39, 0.29) is 10.3 Å². The summed E-state index contributed by atoms with van der Waals surface area (Å²) in [5.74, 6) is 0.533. The summed E-state index contributed by atoms with van der Waals surface area (Å²) < 4.78 is 16.7. The van der Waals surface area contributed by atoms with Crippen LogP contribution in [0.15, 0.2) is 41.2 Å². The maximum atomic E-state index is 12.9. The number of hydrogen-bond acceptors (Lipinski definition) is 7. The molecule has 3 aromatic rings. The summed E-state index contributed by atoms with van der Waals surface area (Å²) in [7, 11) is 7.72. The summed E-state index contributed by atoms with van der Waals surface area (Å²) in [5.41, 5.74) is 1.01. The number of rotatable bonds is 5. The molecule has 9 nitrogen and oxygen atoms in total. The fourth-order valence-corrected chi connectivity index (χ4v) is 2.96. The molecule has 0 radical (unpaired) electrons. The van der Waals surface area contributed by atoms with Crippen LogP contribution < -0.4 is 15.0 Å². The van der Waals surface area contributed by atoms with Gasteiger partial charge in [0.15, 0.2) is 16.3 Å². The second-order valence-corrected chi connectivity index (χ2v) is 6.82. The molecule has 0 fully saturated rings. The Balaban J connectivity index is 0.000000614. The molecule has 1 N–H and O–H groups in total. The highest BCUT2D eigenvalue weighted by molar-refractivity contribution is 7.71. The number of H-pyrrole nitrogens is 1. The van der Waals surface area contributed by atoms with Gasteiger partial charge in [0.25, 0.3) is 5.56 Å². The fourth-order valence-electron chi connectivity index (χ4n) is 2.66. The van der Waals surface area contributed by atoms with Crippen molar-refractivity contribution in [2.75, 3.05) is 35.4 Å². The number of amides is 1. The third kappa shape index (κ3) is 5.28. The molecule has 0 spiro atoms. The van der Waals surface area contributed by atoms with Crippen molar-refractivity contribution in [3.05, 3.63) is 57.1 Å². The number of hydrogen-bond donors (Lipinski definition) is 1. The van der Waals surface area contributed by atoms with Crippen LogP contribution >= 0.6 is 12.2 Å². The first-order chi connectivity index (χ1) is 14.8. The van der Waals surface area contributed by atoms with Gasteiger partial charge >= 0.3 is 5.97 Å². The van der Waals surface area contributed by atoms with Gasteiger partial charge in [-0.25, -0.2) is 4.79 Å². The average molecular weight is 445 g/mol. The molecule has 1 heterocycles. The number of fused-ring (bicyclic) bond motifs is 1. The van der Waals surface area contributed by atoms with Crippen LogP contribution in [0.4, 0.5) is 0 Å². The second kappa shape index (κ2) is 10.4. The van der Waals surface area contributed by atoms with Gasteiger partial charge in [0.05, 0.1) is 43.5 Å². The summed E-state index contributed by atoms with van der Waals surface area (Å²) in [4.78, 5) is 38.5. The van der Waals surface area contributed by atoms with Gasteiger partial charge in [-0.15, -0.1) is 0 Å². The number of ether oxygens (including phenoxy) is 3. The van der Waals surface area contributed by atoms with Crippen LogP contribution in [0.5, 0.6) is 11.5 Å². The Morgan fingerprint density at radius 1 is 1.06 bits per heavy atom. The normalized spacial score (nSPS) is 9.97. The maximum Gasteiger partial charge on any atom is 0.337 e. The van der Waals surface area contributed by atoms with Crippen molar-refractivity contribution in [1.82, 2.24) is 14.5 Å². The predicted octanol–water partition coefficient (Wildman–Crippen LogP) is 2.56. The number of esters is 1. The lowest BCUT2D eigenvalue weighted by molar-refractivity contribution is -0.115. The van der Waals surface area contributed by atoms with Gasteiger partial charge < -0.3 is 24.1 Å². The predicted molar refractivity (Wildman–Crippen MR) is 119 cm³/mol. The number of carbonyl (C=O) groups excluding carboxylic acids is 2. The van der Waals surface area contributed by atoms with Crippen LogP contribution in [0.25, 0.3) is 16.6 Å².